The number of alkyl halides is 3. The van der Waals surface area contributed by atoms with Crippen LogP contribution >= 0.6 is 0 Å². The Bertz CT molecular complexity index is 1080. The molecule has 12 heteroatoms. The molecule has 0 bridgehead atoms. The Labute approximate surface area is 173 Å². The van der Waals surface area contributed by atoms with E-state index < -0.39 is 36.4 Å². The SMILES string of the molecule is O=C(NCC(F)(F)F)[C@H]1CCCC[C@H]1Nc1cnnc(-c2c[nH]c3ncc(F)cc23)n1. The highest BCUT2D eigenvalue weighted by Crippen LogP contribution is 2.29. The Morgan fingerprint density at radius 3 is 2.84 bits per heavy atom. The van der Waals surface area contributed by atoms with Crippen molar-refractivity contribution in [3.8, 4) is 11.4 Å². The molecule has 3 N–H and O–H groups in total. The van der Waals surface area contributed by atoms with Crippen molar-refractivity contribution in [1.82, 2.24) is 30.5 Å². The average molecular weight is 437 g/mol. The molecular weight excluding hydrogens is 418 g/mol. The first-order chi connectivity index (χ1) is 14.8. The van der Waals surface area contributed by atoms with Gasteiger partial charge in [-0.15, -0.1) is 5.10 Å². The summed E-state index contributed by atoms with van der Waals surface area (Å²) >= 11 is 0. The number of aromatic nitrogens is 5. The van der Waals surface area contributed by atoms with Gasteiger partial charge < -0.3 is 15.6 Å². The summed E-state index contributed by atoms with van der Waals surface area (Å²) in [7, 11) is 0. The number of aromatic amines is 1. The lowest BCUT2D eigenvalue weighted by Gasteiger charge is -2.31. The van der Waals surface area contributed by atoms with Crippen molar-refractivity contribution in [2.24, 2.45) is 5.92 Å². The fraction of sp³-hybridized carbons (Fsp3) is 0.421. The van der Waals surface area contributed by atoms with Gasteiger partial charge in [0.25, 0.3) is 0 Å². The Morgan fingerprint density at radius 1 is 1.23 bits per heavy atom. The van der Waals surface area contributed by atoms with Crippen LogP contribution in [0.2, 0.25) is 0 Å². The van der Waals surface area contributed by atoms with Gasteiger partial charge in [0.2, 0.25) is 5.91 Å². The first-order valence-corrected chi connectivity index (χ1v) is 9.74. The summed E-state index contributed by atoms with van der Waals surface area (Å²) in [6.45, 7) is -1.36. The van der Waals surface area contributed by atoms with E-state index in [-0.39, 0.29) is 5.82 Å². The number of rotatable bonds is 5. The zero-order valence-electron chi connectivity index (χ0n) is 16.2. The van der Waals surface area contributed by atoms with Gasteiger partial charge >= 0.3 is 6.18 Å². The normalized spacial score (nSPS) is 19.4. The van der Waals surface area contributed by atoms with Gasteiger partial charge in [-0.2, -0.15) is 18.3 Å². The predicted molar refractivity (Wildman–Crippen MR) is 103 cm³/mol. The summed E-state index contributed by atoms with van der Waals surface area (Å²) in [5.74, 6) is -1.23. The zero-order chi connectivity index (χ0) is 22.0. The molecule has 1 fully saturated rings. The number of nitrogens with one attached hydrogen (secondary N) is 3. The van der Waals surface area contributed by atoms with Crippen molar-refractivity contribution in [2.75, 3.05) is 11.9 Å². The molecule has 4 rings (SSSR count). The van der Waals surface area contributed by atoms with E-state index >= 15 is 0 Å². The molecule has 3 heterocycles. The molecule has 1 aliphatic carbocycles. The fourth-order valence-corrected chi connectivity index (χ4v) is 3.78. The molecule has 1 amide bonds. The van der Waals surface area contributed by atoms with Crippen LogP contribution in [0.4, 0.5) is 23.4 Å². The molecule has 0 radical (unpaired) electrons. The molecule has 164 valence electrons. The largest absolute Gasteiger partial charge is 0.405 e. The summed E-state index contributed by atoms with van der Waals surface area (Å²) in [5, 5.41) is 13.5. The van der Waals surface area contributed by atoms with Crippen LogP contribution in [0.1, 0.15) is 25.7 Å². The number of hydrogen-bond acceptors (Lipinski definition) is 6. The molecule has 0 aromatic carbocycles. The van der Waals surface area contributed by atoms with Crippen LogP contribution in [0.5, 0.6) is 0 Å². The molecule has 1 aliphatic rings. The van der Waals surface area contributed by atoms with Crippen molar-refractivity contribution in [2.45, 2.75) is 37.9 Å². The van der Waals surface area contributed by atoms with Gasteiger partial charge in [-0.25, -0.2) is 14.4 Å². The molecule has 1 saturated carbocycles. The minimum absolute atomic E-state index is 0.220. The zero-order valence-corrected chi connectivity index (χ0v) is 16.2. The number of fused-ring (bicyclic) bond motifs is 1. The van der Waals surface area contributed by atoms with Gasteiger partial charge in [-0.1, -0.05) is 12.8 Å². The molecule has 0 aliphatic heterocycles. The molecule has 3 aromatic rings. The van der Waals surface area contributed by atoms with E-state index in [0.29, 0.717) is 35.3 Å². The number of carbonyl (C=O) groups excluding carboxylic acids is 1. The number of nitrogens with zero attached hydrogens (tertiary/aromatic N) is 4. The van der Waals surface area contributed by atoms with Crippen molar-refractivity contribution >= 4 is 22.8 Å². The Hall–Kier alpha value is -3.31. The maximum Gasteiger partial charge on any atom is 0.405 e. The summed E-state index contributed by atoms with van der Waals surface area (Å²) < 4.78 is 51.0. The number of anilines is 1. The highest BCUT2D eigenvalue weighted by Gasteiger charge is 2.34. The molecular formula is C19H19F4N7O. The quantitative estimate of drug-likeness (QED) is 0.529. The number of halogens is 4. The van der Waals surface area contributed by atoms with Crippen molar-refractivity contribution in [3.63, 3.8) is 0 Å². The van der Waals surface area contributed by atoms with Gasteiger partial charge in [0.15, 0.2) is 5.82 Å². The van der Waals surface area contributed by atoms with E-state index in [1.807, 2.05) is 5.32 Å². The highest BCUT2D eigenvalue weighted by molar-refractivity contribution is 5.91. The lowest BCUT2D eigenvalue weighted by atomic mass is 9.84. The predicted octanol–water partition coefficient (Wildman–Crippen LogP) is 3.20. The van der Waals surface area contributed by atoms with Gasteiger partial charge in [-0.3, -0.25) is 4.79 Å². The third kappa shape index (κ3) is 4.89. The van der Waals surface area contributed by atoms with Crippen LogP contribution in [0.15, 0.2) is 24.7 Å². The number of hydrogen-bond donors (Lipinski definition) is 3. The molecule has 8 nitrogen and oxygen atoms in total. The van der Waals surface area contributed by atoms with Crippen LogP contribution < -0.4 is 10.6 Å². The second-order valence-corrected chi connectivity index (χ2v) is 7.39. The molecule has 0 saturated heterocycles. The minimum atomic E-state index is -4.47. The van der Waals surface area contributed by atoms with Crippen LogP contribution in [-0.2, 0) is 4.79 Å². The lowest BCUT2D eigenvalue weighted by Crippen LogP contribution is -2.45. The topological polar surface area (TPSA) is 108 Å². The molecule has 0 unspecified atom stereocenters. The first kappa shape index (κ1) is 20.9. The van der Waals surface area contributed by atoms with Crippen LogP contribution in [0.25, 0.3) is 22.4 Å². The van der Waals surface area contributed by atoms with Crippen LogP contribution in [0, 0.1) is 11.7 Å². The van der Waals surface area contributed by atoms with Crippen LogP contribution in [-0.4, -0.2) is 49.8 Å². The maximum atomic E-state index is 13.6. The van der Waals surface area contributed by atoms with Gasteiger partial charge in [0, 0.05) is 23.2 Å². The second kappa shape index (κ2) is 8.44. The summed E-state index contributed by atoms with van der Waals surface area (Å²) in [6, 6.07) is 0.911. The van der Waals surface area contributed by atoms with Crippen molar-refractivity contribution in [1.29, 1.82) is 0 Å². The van der Waals surface area contributed by atoms with Crippen molar-refractivity contribution < 1.29 is 22.4 Å². The Kier molecular flexibility index (Phi) is 5.70. The van der Waals surface area contributed by atoms with Gasteiger partial charge in [0.1, 0.15) is 23.8 Å². The number of pyridine rings is 1. The molecule has 3 aromatic heterocycles. The van der Waals surface area contributed by atoms with E-state index in [1.54, 1.807) is 6.20 Å². The van der Waals surface area contributed by atoms with Crippen LogP contribution in [0.3, 0.4) is 0 Å². The van der Waals surface area contributed by atoms with Crippen molar-refractivity contribution in [3.05, 3.63) is 30.5 Å². The third-order valence-electron chi connectivity index (χ3n) is 5.20. The first-order valence-electron chi connectivity index (χ1n) is 9.74. The number of amides is 1. The van der Waals surface area contributed by atoms with E-state index in [2.05, 4.69) is 30.5 Å². The minimum Gasteiger partial charge on any atom is -0.365 e. The van der Waals surface area contributed by atoms with E-state index in [1.165, 1.54) is 12.3 Å². The summed E-state index contributed by atoms with van der Waals surface area (Å²) in [4.78, 5) is 23.6. The number of carbonyl (C=O) groups is 1. The molecule has 0 spiro atoms. The van der Waals surface area contributed by atoms with E-state index in [4.69, 9.17) is 0 Å². The average Bonchev–Trinajstić information content (AvgIpc) is 3.15. The monoisotopic (exact) mass is 437 g/mol. The second-order valence-electron chi connectivity index (χ2n) is 7.39. The standard InChI is InChI=1S/C19H19F4N7O/c20-10-5-12-13(7-25-16(12)24-6-10)17-29-15(8-27-30-17)28-14-4-2-1-3-11(14)18(31)26-9-19(21,22)23/h5-8,11,14H,1-4,9H2,(H,24,25)(H,26,31)(H,28,29,30)/t11-,14+/m0/s1. The maximum absolute atomic E-state index is 13.6. The Morgan fingerprint density at radius 2 is 2.03 bits per heavy atom. The number of H-pyrrole nitrogens is 1. The fourth-order valence-electron chi connectivity index (χ4n) is 3.78. The lowest BCUT2D eigenvalue weighted by molar-refractivity contribution is -0.141. The highest BCUT2D eigenvalue weighted by atomic mass is 19.4. The van der Waals surface area contributed by atoms with E-state index in [0.717, 1.165) is 19.0 Å². The van der Waals surface area contributed by atoms with E-state index in [9.17, 15) is 22.4 Å². The van der Waals surface area contributed by atoms with Gasteiger partial charge in [0.05, 0.1) is 18.3 Å². The molecule has 2 atom stereocenters. The molecule has 31 heavy (non-hydrogen) atoms. The summed E-state index contributed by atoms with van der Waals surface area (Å²) in [5.41, 5.74) is 0.966. The summed E-state index contributed by atoms with van der Waals surface area (Å²) in [6.07, 6.45) is 2.25. The smallest absolute Gasteiger partial charge is 0.365 e. The Balaban J connectivity index is 1.53. The third-order valence-corrected chi connectivity index (χ3v) is 5.20. The van der Waals surface area contributed by atoms with Gasteiger partial charge in [-0.05, 0) is 18.9 Å².